The van der Waals surface area contributed by atoms with E-state index in [2.05, 4.69) is 24.0 Å². The highest BCUT2D eigenvalue weighted by Gasteiger charge is 2.47. The lowest BCUT2D eigenvalue weighted by molar-refractivity contribution is 0.0678. The van der Waals surface area contributed by atoms with Gasteiger partial charge in [0.1, 0.15) is 11.4 Å². The molecule has 2 N–H and O–H groups in total. The van der Waals surface area contributed by atoms with E-state index in [0.29, 0.717) is 12.5 Å². The Hall–Kier alpha value is -2.14. The molecule has 1 fully saturated rings. The van der Waals surface area contributed by atoms with Crippen LogP contribution >= 0.6 is 0 Å². The van der Waals surface area contributed by atoms with Gasteiger partial charge in [-0.15, -0.1) is 0 Å². The van der Waals surface area contributed by atoms with E-state index >= 15 is 0 Å². The molecule has 2 aliphatic carbocycles. The van der Waals surface area contributed by atoms with E-state index in [9.17, 15) is 4.39 Å². The van der Waals surface area contributed by atoms with E-state index in [-0.39, 0.29) is 23.5 Å². The van der Waals surface area contributed by atoms with E-state index in [1.807, 2.05) is 12.1 Å². The Balaban J connectivity index is 1.40. The molecule has 1 aromatic rings. The first kappa shape index (κ1) is 23.6. The van der Waals surface area contributed by atoms with Crippen molar-refractivity contribution in [2.45, 2.75) is 95.2 Å². The monoisotopic (exact) mass is 465 g/mol. The quantitative estimate of drug-likeness (QED) is 0.471. The Kier molecular flexibility index (Phi) is 7.10. The molecule has 0 saturated heterocycles. The van der Waals surface area contributed by atoms with Gasteiger partial charge in [-0.05, 0) is 61.3 Å². The molecule has 1 spiro atoms. The van der Waals surface area contributed by atoms with Crippen LogP contribution in [0.2, 0.25) is 0 Å². The predicted octanol–water partition coefficient (Wildman–Crippen LogP) is 6.44. The number of hydrogen-bond donors (Lipinski definition) is 1. The van der Waals surface area contributed by atoms with Gasteiger partial charge in [0.25, 0.3) is 6.02 Å². The number of halogens is 1. The highest BCUT2D eigenvalue weighted by molar-refractivity contribution is 5.78. The highest BCUT2D eigenvalue weighted by Crippen LogP contribution is 2.46. The number of hydrogen-bond acceptors (Lipinski definition) is 4. The molecule has 0 amide bonds. The van der Waals surface area contributed by atoms with Gasteiger partial charge in [-0.3, -0.25) is 0 Å². The zero-order valence-electron chi connectivity index (χ0n) is 20.6. The van der Waals surface area contributed by atoms with Crippen molar-refractivity contribution >= 4 is 6.02 Å². The third-order valence-electron chi connectivity index (χ3n) is 8.31. The van der Waals surface area contributed by atoms with Crippen LogP contribution in [-0.2, 0) is 4.74 Å². The summed E-state index contributed by atoms with van der Waals surface area (Å²) in [6.07, 6.45) is 17.6. The summed E-state index contributed by atoms with van der Waals surface area (Å²) in [6.45, 7) is 3.86. The lowest BCUT2D eigenvalue weighted by atomic mass is 9.76. The second-order valence-electron chi connectivity index (χ2n) is 10.8. The van der Waals surface area contributed by atoms with Crippen LogP contribution in [0.15, 0.2) is 52.6 Å². The molecular formula is C29H40FN3O. The average molecular weight is 466 g/mol. The zero-order valence-corrected chi connectivity index (χ0v) is 20.6. The summed E-state index contributed by atoms with van der Waals surface area (Å²) < 4.78 is 20.4. The van der Waals surface area contributed by atoms with Crippen molar-refractivity contribution < 1.29 is 9.13 Å². The van der Waals surface area contributed by atoms with Gasteiger partial charge in [0.05, 0.1) is 12.6 Å². The number of nitrogens with two attached hydrogens (primary N) is 1. The van der Waals surface area contributed by atoms with E-state index in [4.69, 9.17) is 15.5 Å². The van der Waals surface area contributed by atoms with Crippen molar-refractivity contribution in [2.24, 2.45) is 16.6 Å². The van der Waals surface area contributed by atoms with Crippen LogP contribution in [0.1, 0.15) is 89.2 Å². The second-order valence-corrected chi connectivity index (χ2v) is 10.8. The van der Waals surface area contributed by atoms with Crippen LogP contribution in [0, 0.1) is 11.7 Å². The van der Waals surface area contributed by atoms with E-state index in [1.165, 1.54) is 44.1 Å². The van der Waals surface area contributed by atoms with Crippen LogP contribution in [0.3, 0.4) is 0 Å². The minimum atomic E-state index is -0.222. The molecule has 5 rings (SSSR count). The van der Waals surface area contributed by atoms with Crippen molar-refractivity contribution in [3.8, 4) is 0 Å². The van der Waals surface area contributed by atoms with Gasteiger partial charge in [-0.25, -0.2) is 9.38 Å². The maximum atomic E-state index is 13.8. The molecule has 2 aliphatic heterocycles. The summed E-state index contributed by atoms with van der Waals surface area (Å²) in [5.41, 5.74) is 10.1. The number of amidine groups is 1. The smallest absolute Gasteiger partial charge is 0.288 e. The Morgan fingerprint density at radius 1 is 1.18 bits per heavy atom. The molecule has 1 aromatic carbocycles. The molecule has 4 aliphatic rings. The highest BCUT2D eigenvalue weighted by atomic mass is 19.1. The van der Waals surface area contributed by atoms with Crippen molar-refractivity contribution in [3.63, 3.8) is 0 Å². The first-order valence-electron chi connectivity index (χ1n) is 13.5. The molecule has 0 bridgehead atoms. The van der Waals surface area contributed by atoms with Crippen molar-refractivity contribution in [1.82, 2.24) is 4.90 Å². The van der Waals surface area contributed by atoms with E-state index < -0.39 is 0 Å². The largest absolute Gasteiger partial charge is 0.456 e. The van der Waals surface area contributed by atoms with Crippen LogP contribution in [0.25, 0.3) is 0 Å². The summed E-state index contributed by atoms with van der Waals surface area (Å²) in [7, 11) is 0. The molecule has 0 radical (unpaired) electrons. The fourth-order valence-electron chi connectivity index (χ4n) is 6.48. The summed E-state index contributed by atoms with van der Waals surface area (Å²) in [6, 6.07) is 8.00. The summed E-state index contributed by atoms with van der Waals surface area (Å²) in [4.78, 5) is 7.23. The Bertz CT molecular complexity index is 953. The van der Waals surface area contributed by atoms with Gasteiger partial charge in [0.2, 0.25) is 0 Å². The lowest BCUT2D eigenvalue weighted by Crippen LogP contribution is -2.43. The number of ether oxygens (including phenoxy) is 1. The van der Waals surface area contributed by atoms with Crippen LogP contribution in [0.4, 0.5) is 4.39 Å². The normalized spacial score (nSPS) is 30.6. The Morgan fingerprint density at radius 2 is 2.00 bits per heavy atom. The fourth-order valence-corrected chi connectivity index (χ4v) is 6.48. The number of benzene rings is 1. The standard InChI is InChI=1S/C29H40FN3O/c1-2-3-4-5-6-8-21-9-7-10-26-25(21)16-18-33(27(26)22-11-13-23(30)14-12-22)28-32-20-29(34-28)17-15-24(31)19-29/h7,10-14,21,24,27H,2-6,8-9,15-20,31H2,1H3/t21?,24-,27+,29+/m1/s1. The third-order valence-corrected chi connectivity index (χ3v) is 8.31. The SMILES string of the molecule is CCCCCCCC1CC=CC2=C1CCN(C1=NC[C@@]3(CC[C@@H](N)C3)O1)[C@H]2c1ccc(F)cc1. The summed E-state index contributed by atoms with van der Waals surface area (Å²) >= 11 is 0. The van der Waals surface area contributed by atoms with Crippen LogP contribution < -0.4 is 5.73 Å². The second kappa shape index (κ2) is 10.2. The van der Waals surface area contributed by atoms with Crippen molar-refractivity contribution in [2.75, 3.05) is 13.1 Å². The fraction of sp³-hybridized carbons (Fsp3) is 0.621. The average Bonchev–Trinajstić information content (AvgIpc) is 3.43. The number of allylic oxidation sites excluding steroid dienone is 1. The first-order valence-corrected chi connectivity index (χ1v) is 13.5. The van der Waals surface area contributed by atoms with E-state index in [1.54, 1.807) is 17.7 Å². The summed E-state index contributed by atoms with van der Waals surface area (Å²) in [5.74, 6) is 0.426. The topological polar surface area (TPSA) is 50.8 Å². The number of rotatable bonds is 7. The van der Waals surface area contributed by atoms with E-state index in [0.717, 1.165) is 50.2 Å². The summed E-state index contributed by atoms with van der Waals surface area (Å²) in [5, 5.41) is 0. The van der Waals surface area contributed by atoms with Gasteiger partial charge in [-0.1, -0.05) is 68.9 Å². The van der Waals surface area contributed by atoms with Crippen molar-refractivity contribution in [3.05, 3.63) is 58.9 Å². The maximum absolute atomic E-state index is 13.8. The molecule has 1 saturated carbocycles. The molecule has 1 unspecified atom stereocenters. The molecule has 4 nitrogen and oxygen atoms in total. The molecule has 34 heavy (non-hydrogen) atoms. The number of nitrogens with zero attached hydrogens (tertiary/aromatic N) is 2. The number of aliphatic imine (C=N–C) groups is 1. The minimum absolute atomic E-state index is 0.0208. The van der Waals surface area contributed by atoms with Crippen LogP contribution in [0.5, 0.6) is 0 Å². The van der Waals surface area contributed by atoms with Crippen LogP contribution in [-0.4, -0.2) is 35.7 Å². The van der Waals surface area contributed by atoms with Gasteiger partial charge >= 0.3 is 0 Å². The van der Waals surface area contributed by atoms with Gasteiger partial charge in [0, 0.05) is 19.0 Å². The Labute approximate surface area is 204 Å². The Morgan fingerprint density at radius 3 is 2.76 bits per heavy atom. The lowest BCUT2D eigenvalue weighted by Gasteiger charge is -2.42. The minimum Gasteiger partial charge on any atom is -0.456 e. The third kappa shape index (κ3) is 4.82. The molecule has 0 aromatic heterocycles. The molecule has 184 valence electrons. The number of unbranched alkanes of at least 4 members (excludes halogenated alkanes) is 4. The van der Waals surface area contributed by atoms with Gasteiger partial charge in [0.15, 0.2) is 0 Å². The maximum Gasteiger partial charge on any atom is 0.288 e. The molecule has 5 heteroatoms. The van der Waals surface area contributed by atoms with Gasteiger partial charge in [-0.2, -0.15) is 0 Å². The van der Waals surface area contributed by atoms with Gasteiger partial charge < -0.3 is 15.4 Å². The molecule has 2 heterocycles. The first-order chi connectivity index (χ1) is 16.6. The zero-order chi connectivity index (χ0) is 23.5. The van der Waals surface area contributed by atoms with Crippen molar-refractivity contribution in [1.29, 1.82) is 0 Å². The molecule has 4 atom stereocenters. The predicted molar refractivity (Wildman–Crippen MR) is 136 cm³/mol. The molecular weight excluding hydrogens is 425 g/mol.